The predicted molar refractivity (Wildman–Crippen MR) is 93.7 cm³/mol. The fraction of sp³-hybridized carbons (Fsp3) is 0.412. The van der Waals surface area contributed by atoms with Crippen molar-refractivity contribution in [2.75, 3.05) is 7.11 Å². The third-order valence-corrected chi connectivity index (χ3v) is 5.47. The third kappa shape index (κ3) is 4.17. The number of benzene rings is 1. The summed E-state index contributed by atoms with van der Waals surface area (Å²) < 4.78 is 5.56. The second-order valence-electron chi connectivity index (χ2n) is 6.19. The number of hydrogen-bond acceptors (Lipinski definition) is 4. The van der Waals surface area contributed by atoms with E-state index < -0.39 is 0 Å². The first kappa shape index (κ1) is 17.2. The van der Waals surface area contributed by atoms with E-state index in [9.17, 15) is 4.79 Å². The van der Waals surface area contributed by atoms with E-state index in [0.29, 0.717) is 5.56 Å². The lowest BCUT2D eigenvalue weighted by molar-refractivity contribution is 0.0599. The van der Waals surface area contributed by atoms with Crippen LogP contribution in [0.15, 0.2) is 28.9 Å². The van der Waals surface area contributed by atoms with Crippen molar-refractivity contribution in [3.05, 3.63) is 49.9 Å². The summed E-state index contributed by atoms with van der Waals surface area (Å²) in [4.78, 5) is 17.5. The van der Waals surface area contributed by atoms with Crippen LogP contribution in [0.2, 0.25) is 0 Å². The van der Waals surface area contributed by atoms with Gasteiger partial charge in [-0.15, -0.1) is 11.3 Å². The number of hydrogen-bond donors (Lipinski definition) is 0. The molecule has 3 nitrogen and oxygen atoms in total. The molecule has 118 valence electrons. The summed E-state index contributed by atoms with van der Waals surface area (Å²) in [5.74, 6) is -0.318. The van der Waals surface area contributed by atoms with Gasteiger partial charge in [0.05, 0.1) is 17.7 Å². The molecule has 5 heteroatoms. The maximum absolute atomic E-state index is 11.7. The maximum atomic E-state index is 11.7. The van der Waals surface area contributed by atoms with Crippen LogP contribution in [-0.2, 0) is 23.0 Å². The highest BCUT2D eigenvalue weighted by Crippen LogP contribution is 2.27. The first-order valence-corrected chi connectivity index (χ1v) is 8.74. The highest BCUT2D eigenvalue weighted by atomic mass is 79.9. The van der Waals surface area contributed by atoms with Crippen molar-refractivity contribution in [2.45, 2.75) is 39.0 Å². The van der Waals surface area contributed by atoms with Crippen LogP contribution < -0.4 is 0 Å². The van der Waals surface area contributed by atoms with E-state index in [1.54, 1.807) is 11.3 Å². The lowest BCUT2D eigenvalue weighted by atomic mass is 9.98. The number of carbonyl (C=O) groups is 1. The van der Waals surface area contributed by atoms with E-state index in [2.05, 4.69) is 41.7 Å². The number of nitrogens with zero attached hydrogens (tertiary/aromatic N) is 1. The van der Waals surface area contributed by atoms with Gasteiger partial charge in [0.15, 0.2) is 0 Å². The third-order valence-electron chi connectivity index (χ3n) is 3.29. The number of esters is 1. The summed E-state index contributed by atoms with van der Waals surface area (Å²) in [5.41, 5.74) is 1.78. The Kier molecular flexibility index (Phi) is 5.40. The number of rotatable bonds is 4. The van der Waals surface area contributed by atoms with E-state index in [0.717, 1.165) is 27.9 Å². The minimum absolute atomic E-state index is 0.0958. The van der Waals surface area contributed by atoms with Gasteiger partial charge in [0, 0.05) is 21.0 Å². The summed E-state index contributed by atoms with van der Waals surface area (Å²) in [6.45, 7) is 6.52. The monoisotopic (exact) mass is 381 g/mol. The summed E-state index contributed by atoms with van der Waals surface area (Å²) >= 11 is 5.15. The summed E-state index contributed by atoms with van der Waals surface area (Å²) in [6, 6.07) is 5.82. The molecule has 0 atom stereocenters. The molecule has 0 N–H and O–H groups in total. The highest BCUT2D eigenvalue weighted by Gasteiger charge is 2.18. The van der Waals surface area contributed by atoms with E-state index in [1.807, 2.05) is 24.4 Å². The van der Waals surface area contributed by atoms with Gasteiger partial charge in [0.25, 0.3) is 0 Å². The lowest BCUT2D eigenvalue weighted by Crippen LogP contribution is -2.09. The van der Waals surface area contributed by atoms with Gasteiger partial charge in [-0.25, -0.2) is 9.78 Å². The minimum Gasteiger partial charge on any atom is -0.465 e. The molecule has 0 aliphatic carbocycles. The van der Waals surface area contributed by atoms with E-state index in [-0.39, 0.29) is 11.4 Å². The van der Waals surface area contributed by atoms with Crippen molar-refractivity contribution in [3.63, 3.8) is 0 Å². The molecule has 0 spiro atoms. The Morgan fingerprint density at radius 2 is 2.05 bits per heavy atom. The average molecular weight is 382 g/mol. The number of aryl methyl sites for hydroxylation is 2. The van der Waals surface area contributed by atoms with Crippen molar-refractivity contribution in [3.8, 4) is 0 Å². The van der Waals surface area contributed by atoms with E-state index in [4.69, 9.17) is 4.74 Å². The second kappa shape index (κ2) is 6.92. The standard InChI is InChI=1S/C17H20BrNO2S/c1-17(2,3)16-19-10-12(22-16)7-5-11-6-8-14(18)13(9-11)15(20)21-4/h6,8-10H,5,7H2,1-4H3. The Balaban J connectivity index is 2.09. The predicted octanol–water partition coefficient (Wildman–Crippen LogP) is 4.77. The number of halogens is 1. The van der Waals surface area contributed by atoms with Crippen molar-refractivity contribution in [1.29, 1.82) is 0 Å². The Morgan fingerprint density at radius 1 is 1.32 bits per heavy atom. The Morgan fingerprint density at radius 3 is 2.64 bits per heavy atom. The number of thiazole rings is 1. The summed E-state index contributed by atoms with van der Waals surface area (Å²) in [5, 5.41) is 1.16. The fourth-order valence-electron chi connectivity index (χ4n) is 2.03. The Bertz CT molecular complexity index is 674. The second-order valence-corrected chi connectivity index (χ2v) is 8.16. The molecule has 0 saturated heterocycles. The van der Waals surface area contributed by atoms with Gasteiger partial charge >= 0.3 is 5.97 Å². The smallest absolute Gasteiger partial charge is 0.339 e. The molecule has 1 heterocycles. The molecule has 0 amide bonds. The highest BCUT2D eigenvalue weighted by molar-refractivity contribution is 9.10. The van der Waals surface area contributed by atoms with Crippen LogP contribution in [0.4, 0.5) is 0 Å². The molecule has 0 bridgehead atoms. The van der Waals surface area contributed by atoms with E-state index >= 15 is 0 Å². The summed E-state index contributed by atoms with van der Waals surface area (Å²) in [7, 11) is 1.40. The van der Waals surface area contributed by atoms with Crippen molar-refractivity contribution in [2.24, 2.45) is 0 Å². The first-order chi connectivity index (χ1) is 10.3. The van der Waals surface area contributed by atoms with Gasteiger partial charge in [0.2, 0.25) is 0 Å². The normalized spacial score (nSPS) is 11.5. The zero-order valence-corrected chi connectivity index (χ0v) is 15.7. The number of methoxy groups -OCH3 is 1. The molecule has 0 radical (unpaired) electrons. The molecule has 22 heavy (non-hydrogen) atoms. The molecule has 0 aliphatic rings. The molecular formula is C17H20BrNO2S. The zero-order chi connectivity index (χ0) is 16.3. The van der Waals surface area contributed by atoms with Crippen LogP contribution in [0, 0.1) is 0 Å². The Labute approximate surface area is 143 Å². The molecule has 1 aromatic carbocycles. The van der Waals surface area contributed by atoms with Gasteiger partial charge < -0.3 is 4.74 Å². The zero-order valence-electron chi connectivity index (χ0n) is 13.3. The van der Waals surface area contributed by atoms with Gasteiger partial charge in [-0.3, -0.25) is 0 Å². The molecule has 2 aromatic rings. The van der Waals surface area contributed by atoms with Crippen molar-refractivity contribution >= 4 is 33.2 Å². The van der Waals surface area contributed by atoms with Crippen LogP contribution in [0.3, 0.4) is 0 Å². The number of aromatic nitrogens is 1. The molecule has 1 aromatic heterocycles. The minimum atomic E-state index is -0.318. The molecule has 0 saturated carbocycles. The molecule has 0 fully saturated rings. The van der Waals surface area contributed by atoms with Gasteiger partial charge in [-0.2, -0.15) is 0 Å². The molecular weight excluding hydrogens is 362 g/mol. The average Bonchev–Trinajstić information content (AvgIpc) is 2.94. The molecule has 2 rings (SSSR count). The van der Waals surface area contributed by atoms with Gasteiger partial charge in [0.1, 0.15) is 0 Å². The first-order valence-electron chi connectivity index (χ1n) is 7.13. The van der Waals surface area contributed by atoms with Gasteiger partial charge in [-0.05, 0) is 46.5 Å². The van der Waals surface area contributed by atoms with Crippen molar-refractivity contribution < 1.29 is 9.53 Å². The van der Waals surface area contributed by atoms with Gasteiger partial charge in [-0.1, -0.05) is 26.8 Å². The number of ether oxygens (including phenoxy) is 1. The topological polar surface area (TPSA) is 39.2 Å². The fourth-order valence-corrected chi connectivity index (χ4v) is 3.41. The van der Waals surface area contributed by atoms with Crippen LogP contribution in [0.1, 0.15) is 46.6 Å². The Hall–Kier alpha value is -1.20. The van der Waals surface area contributed by atoms with Crippen LogP contribution in [-0.4, -0.2) is 18.1 Å². The maximum Gasteiger partial charge on any atom is 0.339 e. The van der Waals surface area contributed by atoms with E-state index in [1.165, 1.54) is 12.0 Å². The molecule has 0 aliphatic heterocycles. The van der Waals surface area contributed by atoms with Crippen LogP contribution in [0.5, 0.6) is 0 Å². The van der Waals surface area contributed by atoms with Crippen molar-refractivity contribution in [1.82, 2.24) is 4.98 Å². The lowest BCUT2D eigenvalue weighted by Gasteiger charge is -2.13. The summed E-state index contributed by atoms with van der Waals surface area (Å²) in [6.07, 6.45) is 3.77. The quantitative estimate of drug-likeness (QED) is 0.715. The SMILES string of the molecule is COC(=O)c1cc(CCc2cnc(C(C)(C)C)s2)ccc1Br. The largest absolute Gasteiger partial charge is 0.465 e. The van der Waals surface area contributed by atoms with Crippen LogP contribution >= 0.6 is 27.3 Å². The molecule has 0 unspecified atom stereocenters. The number of carbonyl (C=O) groups excluding carboxylic acids is 1. The van der Waals surface area contributed by atoms with Crippen LogP contribution in [0.25, 0.3) is 0 Å².